The maximum absolute atomic E-state index is 14.0. The summed E-state index contributed by atoms with van der Waals surface area (Å²) in [7, 11) is 0. The highest BCUT2D eigenvalue weighted by Crippen LogP contribution is 2.21. The molecular weight excluding hydrogens is 433 g/mol. The van der Waals surface area contributed by atoms with Crippen molar-refractivity contribution in [1.82, 2.24) is 0 Å². The maximum atomic E-state index is 14.0. The van der Waals surface area contributed by atoms with Crippen molar-refractivity contribution in [1.29, 1.82) is 0 Å². The van der Waals surface area contributed by atoms with Gasteiger partial charge in [0.15, 0.2) is 5.78 Å². The SMILES string of the molecule is Cc1ccc(C(=O)CCc2ccc(C(CN)C(=O)Nc3ccc(C(N)=O)c(F)c3)cc2)c(C)c1. The predicted octanol–water partition coefficient (Wildman–Crippen LogP) is 4.04. The monoisotopic (exact) mass is 461 g/mol. The minimum atomic E-state index is -0.883. The molecule has 0 saturated heterocycles. The molecule has 1 unspecified atom stereocenters. The number of hydrogen-bond donors (Lipinski definition) is 3. The lowest BCUT2D eigenvalue weighted by molar-refractivity contribution is -0.117. The van der Waals surface area contributed by atoms with Gasteiger partial charge in [0.2, 0.25) is 5.91 Å². The van der Waals surface area contributed by atoms with Crippen LogP contribution in [-0.4, -0.2) is 24.1 Å². The Morgan fingerprint density at radius 1 is 0.941 bits per heavy atom. The van der Waals surface area contributed by atoms with Crippen LogP contribution in [0.3, 0.4) is 0 Å². The number of carbonyl (C=O) groups excluding carboxylic acids is 3. The van der Waals surface area contributed by atoms with Crippen LogP contribution < -0.4 is 16.8 Å². The second-order valence-electron chi connectivity index (χ2n) is 8.32. The van der Waals surface area contributed by atoms with E-state index in [9.17, 15) is 18.8 Å². The van der Waals surface area contributed by atoms with Crippen molar-refractivity contribution in [2.24, 2.45) is 11.5 Å². The van der Waals surface area contributed by atoms with E-state index in [1.807, 2.05) is 56.3 Å². The van der Waals surface area contributed by atoms with Crippen LogP contribution in [-0.2, 0) is 11.2 Å². The summed E-state index contributed by atoms with van der Waals surface area (Å²) in [6.07, 6.45) is 0.967. The van der Waals surface area contributed by atoms with Gasteiger partial charge in [0.1, 0.15) is 5.82 Å². The fourth-order valence-corrected chi connectivity index (χ4v) is 3.85. The Kier molecular flexibility index (Phi) is 7.91. The quantitative estimate of drug-likeness (QED) is 0.417. The van der Waals surface area contributed by atoms with Crippen LogP contribution in [0.4, 0.5) is 10.1 Å². The summed E-state index contributed by atoms with van der Waals surface area (Å²) in [5.74, 6) is -2.65. The molecule has 3 aromatic rings. The zero-order chi connectivity index (χ0) is 24.8. The molecule has 0 aliphatic heterocycles. The van der Waals surface area contributed by atoms with Gasteiger partial charge in [0.25, 0.3) is 5.91 Å². The number of aryl methyl sites for hydroxylation is 3. The normalized spacial score (nSPS) is 11.6. The number of rotatable bonds is 9. The summed E-state index contributed by atoms with van der Waals surface area (Å²) in [6.45, 7) is 3.99. The van der Waals surface area contributed by atoms with E-state index in [0.29, 0.717) is 18.4 Å². The zero-order valence-corrected chi connectivity index (χ0v) is 19.2. The summed E-state index contributed by atoms with van der Waals surface area (Å²) in [5, 5.41) is 2.62. The van der Waals surface area contributed by atoms with Gasteiger partial charge < -0.3 is 16.8 Å². The first-order chi connectivity index (χ1) is 16.2. The Morgan fingerprint density at radius 2 is 1.62 bits per heavy atom. The summed E-state index contributed by atoms with van der Waals surface area (Å²) in [6, 6.07) is 16.9. The van der Waals surface area contributed by atoms with E-state index >= 15 is 0 Å². The lowest BCUT2D eigenvalue weighted by Gasteiger charge is -2.16. The first-order valence-corrected chi connectivity index (χ1v) is 11.0. The van der Waals surface area contributed by atoms with Crippen LogP contribution in [0.15, 0.2) is 60.7 Å². The van der Waals surface area contributed by atoms with Gasteiger partial charge in [-0.3, -0.25) is 14.4 Å². The van der Waals surface area contributed by atoms with Gasteiger partial charge in [0.05, 0.1) is 11.5 Å². The van der Waals surface area contributed by atoms with Gasteiger partial charge in [-0.1, -0.05) is 48.0 Å². The molecule has 5 N–H and O–H groups in total. The van der Waals surface area contributed by atoms with Crippen molar-refractivity contribution in [2.75, 3.05) is 11.9 Å². The number of ketones is 1. The van der Waals surface area contributed by atoms with Crippen LogP contribution in [0.2, 0.25) is 0 Å². The van der Waals surface area contributed by atoms with E-state index in [1.165, 1.54) is 12.1 Å². The fraction of sp³-hybridized carbons (Fsp3) is 0.222. The number of Topliss-reactive ketones (excluding diaryl/α,β-unsaturated/α-hetero) is 1. The number of halogens is 1. The van der Waals surface area contributed by atoms with Gasteiger partial charge in [0, 0.05) is 24.2 Å². The maximum Gasteiger partial charge on any atom is 0.251 e. The van der Waals surface area contributed by atoms with Crippen LogP contribution in [0.5, 0.6) is 0 Å². The molecule has 0 aliphatic rings. The second-order valence-corrected chi connectivity index (χ2v) is 8.32. The Morgan fingerprint density at radius 3 is 2.21 bits per heavy atom. The topological polar surface area (TPSA) is 115 Å². The molecule has 0 spiro atoms. The molecule has 1 atom stereocenters. The molecule has 0 radical (unpaired) electrons. The van der Waals surface area contributed by atoms with Crippen LogP contribution in [0, 0.1) is 19.7 Å². The van der Waals surface area contributed by atoms with Crippen LogP contribution >= 0.6 is 0 Å². The summed E-state index contributed by atoms with van der Waals surface area (Å²) in [5.41, 5.74) is 15.4. The molecule has 2 amide bonds. The predicted molar refractivity (Wildman–Crippen MR) is 130 cm³/mol. The molecule has 34 heavy (non-hydrogen) atoms. The summed E-state index contributed by atoms with van der Waals surface area (Å²) < 4.78 is 14.0. The molecule has 0 aromatic heterocycles. The second kappa shape index (κ2) is 10.9. The Balaban J connectivity index is 1.63. The average molecular weight is 462 g/mol. The molecule has 0 fully saturated rings. The smallest absolute Gasteiger partial charge is 0.251 e. The van der Waals surface area contributed by atoms with E-state index in [4.69, 9.17) is 11.5 Å². The Labute approximate surface area is 198 Å². The lowest BCUT2D eigenvalue weighted by Crippen LogP contribution is -2.27. The number of nitrogens with two attached hydrogens (primary N) is 2. The van der Waals surface area contributed by atoms with Crippen LogP contribution in [0.1, 0.15) is 55.3 Å². The first-order valence-electron chi connectivity index (χ1n) is 11.0. The summed E-state index contributed by atoms with van der Waals surface area (Å²) >= 11 is 0. The third-order valence-electron chi connectivity index (χ3n) is 5.76. The van der Waals surface area contributed by atoms with E-state index in [2.05, 4.69) is 5.32 Å². The molecule has 7 heteroatoms. The van der Waals surface area contributed by atoms with Crippen LogP contribution in [0.25, 0.3) is 0 Å². The minimum Gasteiger partial charge on any atom is -0.366 e. The number of anilines is 1. The van der Waals surface area contributed by atoms with E-state index in [-0.39, 0.29) is 23.6 Å². The zero-order valence-electron chi connectivity index (χ0n) is 19.2. The highest BCUT2D eigenvalue weighted by molar-refractivity contribution is 5.98. The Bertz CT molecular complexity index is 1220. The van der Waals surface area contributed by atoms with Crippen molar-refractivity contribution < 1.29 is 18.8 Å². The number of carbonyl (C=O) groups is 3. The van der Waals surface area contributed by atoms with Gasteiger partial charge in [-0.15, -0.1) is 0 Å². The molecule has 176 valence electrons. The van der Waals surface area contributed by atoms with E-state index in [0.717, 1.165) is 28.3 Å². The number of hydrogen-bond acceptors (Lipinski definition) is 4. The molecule has 0 aliphatic carbocycles. The van der Waals surface area contributed by atoms with E-state index < -0.39 is 23.5 Å². The third-order valence-corrected chi connectivity index (χ3v) is 5.76. The molecule has 3 rings (SSSR count). The highest BCUT2D eigenvalue weighted by Gasteiger charge is 2.20. The molecule has 0 bridgehead atoms. The fourth-order valence-electron chi connectivity index (χ4n) is 3.85. The van der Waals surface area contributed by atoms with Crippen molar-refractivity contribution >= 4 is 23.3 Å². The van der Waals surface area contributed by atoms with Crippen molar-refractivity contribution in [3.05, 3.63) is 99.9 Å². The molecule has 6 nitrogen and oxygen atoms in total. The highest BCUT2D eigenvalue weighted by atomic mass is 19.1. The van der Waals surface area contributed by atoms with Gasteiger partial charge in [-0.2, -0.15) is 0 Å². The molecule has 0 saturated carbocycles. The third kappa shape index (κ3) is 5.94. The first kappa shape index (κ1) is 24.8. The van der Waals surface area contributed by atoms with E-state index in [1.54, 1.807) is 0 Å². The number of nitrogens with one attached hydrogen (secondary N) is 1. The largest absolute Gasteiger partial charge is 0.366 e. The van der Waals surface area contributed by atoms with Gasteiger partial charge >= 0.3 is 0 Å². The minimum absolute atomic E-state index is 0.0538. The molecule has 3 aromatic carbocycles. The van der Waals surface area contributed by atoms with Crippen molar-refractivity contribution in [3.8, 4) is 0 Å². The lowest BCUT2D eigenvalue weighted by atomic mass is 9.94. The standard InChI is InChI=1S/C27H28FN3O3/c1-16-3-10-21(17(2)13-16)25(32)12-6-18-4-7-19(8-5-18)23(15-29)27(34)31-20-9-11-22(26(30)33)24(28)14-20/h3-5,7-11,13-14,23H,6,12,15,29H2,1-2H3,(H2,30,33)(H,31,34). The molecular formula is C27H28FN3O3. The number of amides is 2. The van der Waals surface area contributed by atoms with Crippen molar-refractivity contribution in [2.45, 2.75) is 32.6 Å². The number of primary amides is 1. The average Bonchev–Trinajstić information content (AvgIpc) is 2.78. The Hall–Kier alpha value is -3.84. The summed E-state index contributed by atoms with van der Waals surface area (Å²) in [4.78, 5) is 36.5. The van der Waals surface area contributed by atoms with Crippen molar-refractivity contribution in [3.63, 3.8) is 0 Å². The molecule has 0 heterocycles. The van der Waals surface area contributed by atoms with Gasteiger partial charge in [-0.05, 0) is 55.2 Å². The number of benzene rings is 3. The van der Waals surface area contributed by atoms with Gasteiger partial charge in [-0.25, -0.2) is 4.39 Å².